The van der Waals surface area contributed by atoms with Gasteiger partial charge in [0.15, 0.2) is 0 Å². The topological polar surface area (TPSA) is 0 Å². The van der Waals surface area contributed by atoms with E-state index in [2.05, 4.69) is 48.5 Å². The van der Waals surface area contributed by atoms with Crippen molar-refractivity contribution in [3.05, 3.63) is 0 Å². The molecule has 0 saturated carbocycles. The Bertz CT molecular complexity index is 228. The summed E-state index contributed by atoms with van der Waals surface area (Å²) in [6.07, 6.45) is 14.4. The molecule has 0 bridgehead atoms. The largest absolute Gasteiger partial charge is 0.0651 e. The summed E-state index contributed by atoms with van der Waals surface area (Å²) in [7, 11) is 0. The Morgan fingerprint density at radius 1 is 0.591 bits per heavy atom. The van der Waals surface area contributed by atoms with E-state index in [9.17, 15) is 0 Å². The molecule has 0 amide bonds. The maximum atomic E-state index is 2.47. The minimum Gasteiger partial charge on any atom is -0.0651 e. The van der Waals surface area contributed by atoms with Crippen molar-refractivity contribution in [3.63, 3.8) is 0 Å². The second kappa shape index (κ2) is 13.4. The highest BCUT2D eigenvalue weighted by Gasteiger charge is 2.10. The van der Waals surface area contributed by atoms with Gasteiger partial charge in [-0.3, -0.25) is 0 Å². The molecular weight excluding hydrogens is 264 g/mol. The Morgan fingerprint density at radius 2 is 1.09 bits per heavy atom. The second-order valence-corrected chi connectivity index (χ2v) is 8.79. The molecule has 0 heterocycles. The van der Waals surface area contributed by atoms with Crippen LogP contribution in [0.5, 0.6) is 0 Å². The molecular formula is C22H46. The molecule has 3 unspecified atom stereocenters. The summed E-state index contributed by atoms with van der Waals surface area (Å²) in [6.45, 7) is 16.7. The molecule has 0 aliphatic rings. The van der Waals surface area contributed by atoms with Gasteiger partial charge in [-0.15, -0.1) is 0 Å². The lowest BCUT2D eigenvalue weighted by Gasteiger charge is -2.18. The van der Waals surface area contributed by atoms with Crippen LogP contribution in [0.15, 0.2) is 0 Å². The fourth-order valence-corrected chi connectivity index (χ4v) is 3.39. The van der Waals surface area contributed by atoms with Crippen LogP contribution in [0.4, 0.5) is 0 Å². The third-order valence-corrected chi connectivity index (χ3v) is 5.77. The van der Waals surface area contributed by atoms with Crippen LogP contribution in [0, 0.1) is 29.6 Å². The summed E-state index contributed by atoms with van der Waals surface area (Å²) >= 11 is 0. The molecule has 0 aromatic carbocycles. The number of hydrogen-bond donors (Lipinski definition) is 0. The quantitative estimate of drug-likeness (QED) is 0.304. The van der Waals surface area contributed by atoms with Crippen molar-refractivity contribution in [2.75, 3.05) is 0 Å². The van der Waals surface area contributed by atoms with Crippen LogP contribution in [0.1, 0.15) is 113 Å². The molecule has 0 aromatic heterocycles. The molecule has 0 heteroatoms. The first kappa shape index (κ1) is 22.0. The van der Waals surface area contributed by atoms with E-state index in [1.807, 2.05) is 0 Å². The van der Waals surface area contributed by atoms with Gasteiger partial charge in [-0.25, -0.2) is 0 Å². The van der Waals surface area contributed by atoms with Crippen molar-refractivity contribution in [2.45, 2.75) is 113 Å². The summed E-state index contributed by atoms with van der Waals surface area (Å²) in [5.41, 5.74) is 0. The second-order valence-electron chi connectivity index (χ2n) is 8.79. The van der Waals surface area contributed by atoms with Gasteiger partial charge in [-0.05, 0) is 29.6 Å². The Balaban J connectivity index is 3.65. The third-order valence-electron chi connectivity index (χ3n) is 5.77. The molecule has 0 radical (unpaired) electrons. The molecule has 0 saturated heterocycles. The standard InChI is InChI=1S/C22H46/c1-8-22(16-9-12-18(2)3)17-11-14-20(6)13-10-15-21(7)19(4)5/h18-22H,8-17H2,1-7H3. The van der Waals surface area contributed by atoms with Gasteiger partial charge in [0, 0.05) is 0 Å². The zero-order valence-corrected chi connectivity index (χ0v) is 17.0. The smallest absolute Gasteiger partial charge is 0.0417 e. The normalized spacial score (nSPS) is 16.2. The number of rotatable bonds is 14. The molecule has 3 atom stereocenters. The van der Waals surface area contributed by atoms with Crippen molar-refractivity contribution in [1.29, 1.82) is 0 Å². The predicted octanol–water partition coefficient (Wildman–Crippen LogP) is 8.11. The molecule has 0 aliphatic carbocycles. The van der Waals surface area contributed by atoms with Crippen LogP contribution < -0.4 is 0 Å². The van der Waals surface area contributed by atoms with Crippen molar-refractivity contribution in [2.24, 2.45) is 29.6 Å². The molecule has 0 aromatic rings. The number of hydrogen-bond acceptors (Lipinski definition) is 0. The summed E-state index contributed by atoms with van der Waals surface area (Å²) in [5, 5.41) is 0. The van der Waals surface area contributed by atoms with Gasteiger partial charge in [0.25, 0.3) is 0 Å². The maximum absolute atomic E-state index is 2.47. The van der Waals surface area contributed by atoms with E-state index >= 15 is 0 Å². The van der Waals surface area contributed by atoms with E-state index in [1.54, 1.807) is 0 Å². The maximum Gasteiger partial charge on any atom is -0.0417 e. The van der Waals surface area contributed by atoms with Gasteiger partial charge in [0.1, 0.15) is 0 Å². The lowest BCUT2D eigenvalue weighted by molar-refractivity contribution is 0.339. The summed E-state index contributed by atoms with van der Waals surface area (Å²) in [4.78, 5) is 0. The van der Waals surface area contributed by atoms with Crippen LogP contribution in [0.25, 0.3) is 0 Å². The average Bonchev–Trinajstić information content (AvgIpc) is 2.44. The lowest BCUT2D eigenvalue weighted by atomic mass is 9.88. The van der Waals surface area contributed by atoms with Gasteiger partial charge in [-0.2, -0.15) is 0 Å². The van der Waals surface area contributed by atoms with Crippen LogP contribution in [-0.4, -0.2) is 0 Å². The van der Waals surface area contributed by atoms with Crippen molar-refractivity contribution >= 4 is 0 Å². The minimum absolute atomic E-state index is 0.853. The molecule has 0 nitrogen and oxygen atoms in total. The molecule has 0 spiro atoms. The molecule has 134 valence electrons. The van der Waals surface area contributed by atoms with Gasteiger partial charge >= 0.3 is 0 Å². The summed E-state index contributed by atoms with van der Waals surface area (Å²) < 4.78 is 0. The van der Waals surface area contributed by atoms with E-state index in [1.165, 1.54) is 64.2 Å². The zero-order chi connectivity index (χ0) is 17.0. The first-order chi connectivity index (χ1) is 10.4. The molecule has 22 heavy (non-hydrogen) atoms. The molecule has 0 aliphatic heterocycles. The predicted molar refractivity (Wildman–Crippen MR) is 103 cm³/mol. The highest BCUT2D eigenvalue weighted by molar-refractivity contribution is 4.63. The Hall–Kier alpha value is 0. The van der Waals surface area contributed by atoms with Gasteiger partial charge in [0.05, 0.1) is 0 Å². The molecule has 0 rings (SSSR count). The van der Waals surface area contributed by atoms with Crippen LogP contribution >= 0.6 is 0 Å². The fourth-order valence-electron chi connectivity index (χ4n) is 3.39. The summed E-state index contributed by atoms with van der Waals surface area (Å²) in [6, 6.07) is 0. The van der Waals surface area contributed by atoms with Crippen LogP contribution in [-0.2, 0) is 0 Å². The van der Waals surface area contributed by atoms with E-state index in [0.717, 1.165) is 29.6 Å². The molecule has 0 fully saturated rings. The van der Waals surface area contributed by atoms with Crippen LogP contribution in [0.2, 0.25) is 0 Å². The van der Waals surface area contributed by atoms with E-state index in [-0.39, 0.29) is 0 Å². The lowest BCUT2D eigenvalue weighted by Crippen LogP contribution is -2.05. The van der Waals surface area contributed by atoms with E-state index in [4.69, 9.17) is 0 Å². The van der Waals surface area contributed by atoms with Gasteiger partial charge < -0.3 is 0 Å². The highest BCUT2D eigenvalue weighted by atomic mass is 14.2. The monoisotopic (exact) mass is 310 g/mol. The van der Waals surface area contributed by atoms with Crippen molar-refractivity contribution < 1.29 is 0 Å². The fraction of sp³-hybridized carbons (Fsp3) is 1.00. The van der Waals surface area contributed by atoms with Crippen LogP contribution in [0.3, 0.4) is 0 Å². The Kier molecular flexibility index (Phi) is 13.4. The SMILES string of the molecule is CCC(CCCC(C)C)CCCC(C)CCCC(C)C(C)C. The highest BCUT2D eigenvalue weighted by Crippen LogP contribution is 2.25. The molecule has 0 N–H and O–H groups in total. The average molecular weight is 311 g/mol. The van der Waals surface area contributed by atoms with E-state index < -0.39 is 0 Å². The Labute approximate surface area is 142 Å². The van der Waals surface area contributed by atoms with Crippen molar-refractivity contribution in [3.8, 4) is 0 Å². The van der Waals surface area contributed by atoms with E-state index in [0.29, 0.717) is 0 Å². The third kappa shape index (κ3) is 12.5. The van der Waals surface area contributed by atoms with Gasteiger partial charge in [-0.1, -0.05) is 113 Å². The van der Waals surface area contributed by atoms with Crippen molar-refractivity contribution in [1.82, 2.24) is 0 Å². The Morgan fingerprint density at radius 3 is 1.55 bits per heavy atom. The van der Waals surface area contributed by atoms with Gasteiger partial charge in [0.2, 0.25) is 0 Å². The minimum atomic E-state index is 0.853. The first-order valence-electron chi connectivity index (χ1n) is 10.4. The first-order valence-corrected chi connectivity index (χ1v) is 10.4. The zero-order valence-electron chi connectivity index (χ0n) is 17.0. The summed E-state index contributed by atoms with van der Waals surface area (Å²) in [5.74, 6) is 4.56.